The molecule has 0 atom stereocenters. The van der Waals surface area contributed by atoms with Gasteiger partial charge in [-0.15, -0.1) is 0 Å². The molecule has 39 heavy (non-hydrogen) atoms. The van der Waals surface area contributed by atoms with Crippen LogP contribution < -0.4 is 21.4 Å². The topological polar surface area (TPSA) is 168 Å². The van der Waals surface area contributed by atoms with Gasteiger partial charge >= 0.3 is 29.6 Å². The Hall–Kier alpha value is -5.26. The molecule has 0 bridgehead atoms. The van der Waals surface area contributed by atoms with Gasteiger partial charge in [-0.25, -0.2) is 10.2 Å². The normalized spacial score (nSPS) is 10.5. The number of rotatable bonds is 8. The summed E-state index contributed by atoms with van der Waals surface area (Å²) in [5, 5.41) is 11.1. The second-order valence-corrected chi connectivity index (χ2v) is 8.21. The van der Waals surface area contributed by atoms with Crippen LogP contribution in [0.4, 0.5) is 11.4 Å². The summed E-state index contributed by atoms with van der Waals surface area (Å²) in [7, 11) is 0. The van der Waals surface area contributed by atoms with Crippen LogP contribution in [0.5, 0.6) is 0 Å². The number of hydrogen-bond donors (Lipinski definition) is 4. The van der Waals surface area contributed by atoms with Crippen LogP contribution in [0, 0.1) is 13.8 Å². The van der Waals surface area contributed by atoms with Gasteiger partial charge in [-0.2, -0.15) is 5.10 Å². The maximum absolute atomic E-state index is 12.1. The summed E-state index contributed by atoms with van der Waals surface area (Å²) >= 11 is 0. The third kappa shape index (κ3) is 8.39. The number of ether oxygens (including phenoxy) is 1. The molecule has 0 saturated carbocycles. The van der Waals surface area contributed by atoms with E-state index in [9.17, 15) is 24.0 Å². The van der Waals surface area contributed by atoms with Crippen molar-refractivity contribution in [3.8, 4) is 0 Å². The first-order chi connectivity index (χ1) is 18.7. The zero-order valence-electron chi connectivity index (χ0n) is 21.5. The fourth-order valence-corrected chi connectivity index (χ4v) is 3.15. The molecule has 0 radical (unpaired) electrons. The van der Waals surface area contributed by atoms with Crippen LogP contribution in [0.15, 0.2) is 64.1 Å². The van der Waals surface area contributed by atoms with E-state index >= 15 is 0 Å². The maximum atomic E-state index is 12.1. The molecule has 0 aliphatic carbocycles. The zero-order chi connectivity index (χ0) is 28.4. The zero-order valence-corrected chi connectivity index (χ0v) is 21.5. The number of nitrogens with one attached hydrogen (secondary N) is 4. The number of hydrogen-bond acceptors (Lipinski definition) is 8. The van der Waals surface area contributed by atoms with Crippen molar-refractivity contribution in [1.29, 1.82) is 0 Å². The van der Waals surface area contributed by atoms with Gasteiger partial charge in [0.2, 0.25) is 0 Å². The van der Waals surface area contributed by atoms with Crippen molar-refractivity contribution in [3.05, 3.63) is 82.8 Å². The third-order valence-electron chi connectivity index (χ3n) is 5.17. The molecule has 0 spiro atoms. The Balaban J connectivity index is 1.43. The Morgan fingerprint density at radius 2 is 1.59 bits per heavy atom. The molecule has 0 fully saturated rings. The highest BCUT2D eigenvalue weighted by Crippen LogP contribution is 2.16. The highest BCUT2D eigenvalue weighted by atomic mass is 16.5. The highest BCUT2D eigenvalue weighted by molar-refractivity contribution is 6.40. The van der Waals surface area contributed by atoms with Crippen LogP contribution in [-0.2, 0) is 30.5 Å². The van der Waals surface area contributed by atoms with Gasteiger partial charge in [-0.05, 0) is 74.4 Å². The summed E-state index contributed by atoms with van der Waals surface area (Å²) < 4.78 is 10.4. The van der Waals surface area contributed by atoms with E-state index in [1.165, 1.54) is 36.5 Å². The van der Waals surface area contributed by atoms with Crippen molar-refractivity contribution < 1.29 is 33.1 Å². The van der Waals surface area contributed by atoms with Gasteiger partial charge in [-0.3, -0.25) is 19.2 Å². The van der Waals surface area contributed by atoms with Crippen molar-refractivity contribution in [2.24, 2.45) is 5.10 Å². The maximum Gasteiger partial charge on any atom is 0.338 e. The molecule has 2 aromatic carbocycles. The first-order valence-electron chi connectivity index (χ1n) is 11.8. The van der Waals surface area contributed by atoms with Gasteiger partial charge in [0.25, 0.3) is 0 Å². The van der Waals surface area contributed by atoms with Crippen LogP contribution in [0.1, 0.15) is 39.9 Å². The largest absolute Gasteiger partial charge is 0.462 e. The molecule has 12 nitrogen and oxygen atoms in total. The highest BCUT2D eigenvalue weighted by Gasteiger charge is 2.16. The van der Waals surface area contributed by atoms with Crippen molar-refractivity contribution in [1.82, 2.24) is 10.7 Å². The molecular formula is C27H27N5O7. The number of amides is 4. The molecule has 0 saturated heterocycles. The quantitative estimate of drug-likeness (QED) is 0.149. The lowest BCUT2D eigenvalue weighted by atomic mass is 10.1. The summed E-state index contributed by atoms with van der Waals surface area (Å²) in [6.45, 7) is 5.52. The van der Waals surface area contributed by atoms with Crippen molar-refractivity contribution >= 4 is 47.2 Å². The first-order valence-corrected chi connectivity index (χ1v) is 11.8. The minimum absolute atomic E-state index is 0.0908. The van der Waals surface area contributed by atoms with E-state index in [-0.39, 0.29) is 18.9 Å². The van der Waals surface area contributed by atoms with Gasteiger partial charge in [0, 0.05) is 11.4 Å². The van der Waals surface area contributed by atoms with Crippen LogP contribution in [-0.4, -0.2) is 42.4 Å². The molecule has 1 aromatic heterocycles. The van der Waals surface area contributed by atoms with Gasteiger partial charge in [0.05, 0.1) is 24.9 Å². The molecule has 1 heterocycles. The van der Waals surface area contributed by atoms with Crippen molar-refractivity contribution in [3.63, 3.8) is 0 Å². The predicted octanol–water partition coefficient (Wildman–Crippen LogP) is 2.42. The second kappa shape index (κ2) is 13.3. The van der Waals surface area contributed by atoms with Crippen LogP contribution in [0.2, 0.25) is 0 Å². The molecule has 3 rings (SSSR count). The molecule has 0 unspecified atom stereocenters. The third-order valence-corrected chi connectivity index (χ3v) is 5.17. The SMILES string of the molecule is CCOC(=O)c1ccc(NC(=O)C(=O)NCc2ccc(/C=N/NC(=O)C(=O)Nc3cc(C)ccc3C)o2)cc1. The number of anilines is 2. The van der Waals surface area contributed by atoms with E-state index < -0.39 is 29.6 Å². The number of esters is 1. The van der Waals surface area contributed by atoms with Crippen LogP contribution >= 0.6 is 0 Å². The smallest absolute Gasteiger partial charge is 0.338 e. The minimum Gasteiger partial charge on any atom is -0.462 e. The average molecular weight is 534 g/mol. The summed E-state index contributed by atoms with van der Waals surface area (Å²) in [6.07, 6.45) is 1.18. The predicted molar refractivity (Wildman–Crippen MR) is 142 cm³/mol. The monoisotopic (exact) mass is 533 g/mol. The summed E-state index contributed by atoms with van der Waals surface area (Å²) in [5.74, 6) is -3.59. The molecule has 4 amide bonds. The minimum atomic E-state index is -0.965. The number of nitrogens with zero attached hydrogens (tertiary/aromatic N) is 1. The van der Waals surface area contributed by atoms with Gasteiger partial charge in [-0.1, -0.05) is 12.1 Å². The molecular weight excluding hydrogens is 506 g/mol. The standard InChI is InChI=1S/C27H27N5O7/c1-4-38-27(37)18-7-9-19(10-8-18)30-24(34)23(33)28-14-20-11-12-21(39-20)15-29-32-26(36)25(35)31-22-13-16(2)5-6-17(22)3/h5-13,15H,4,14H2,1-3H3,(H,28,33)(H,30,34)(H,31,35)(H,32,36)/b29-15+. The molecule has 3 aromatic rings. The van der Waals surface area contributed by atoms with E-state index in [0.29, 0.717) is 22.7 Å². The fraction of sp³-hybridized carbons (Fsp3) is 0.185. The van der Waals surface area contributed by atoms with Crippen LogP contribution in [0.25, 0.3) is 0 Å². The second-order valence-electron chi connectivity index (χ2n) is 8.21. The van der Waals surface area contributed by atoms with E-state index in [1.807, 2.05) is 26.0 Å². The van der Waals surface area contributed by atoms with Gasteiger partial charge in [0.1, 0.15) is 11.5 Å². The Kier molecular flexibility index (Phi) is 9.68. The number of hydrazone groups is 1. The fourth-order valence-electron chi connectivity index (χ4n) is 3.15. The van der Waals surface area contributed by atoms with Gasteiger partial charge in [0.15, 0.2) is 0 Å². The van der Waals surface area contributed by atoms with E-state index in [0.717, 1.165) is 11.1 Å². The van der Waals surface area contributed by atoms with E-state index in [1.54, 1.807) is 19.1 Å². The Labute approximate surface area is 223 Å². The number of carbonyl (C=O) groups is 5. The molecule has 202 valence electrons. The Morgan fingerprint density at radius 3 is 2.31 bits per heavy atom. The average Bonchev–Trinajstić information content (AvgIpc) is 3.37. The number of carbonyl (C=O) groups excluding carboxylic acids is 5. The molecule has 4 N–H and O–H groups in total. The van der Waals surface area contributed by atoms with E-state index in [4.69, 9.17) is 9.15 Å². The van der Waals surface area contributed by atoms with E-state index in [2.05, 4.69) is 26.5 Å². The van der Waals surface area contributed by atoms with Crippen LogP contribution in [0.3, 0.4) is 0 Å². The van der Waals surface area contributed by atoms with Gasteiger partial charge < -0.3 is 25.1 Å². The molecule has 0 aliphatic rings. The number of benzene rings is 2. The van der Waals surface area contributed by atoms with Crippen molar-refractivity contribution in [2.75, 3.05) is 17.2 Å². The lowest BCUT2D eigenvalue weighted by Gasteiger charge is -2.08. The lowest BCUT2D eigenvalue weighted by Crippen LogP contribution is -2.34. The summed E-state index contributed by atoms with van der Waals surface area (Å²) in [4.78, 5) is 60.0. The Bertz CT molecular complexity index is 1410. The Morgan fingerprint density at radius 1 is 0.872 bits per heavy atom. The number of aryl methyl sites for hydroxylation is 2. The molecule has 0 aliphatic heterocycles. The summed E-state index contributed by atoms with van der Waals surface area (Å²) in [5.41, 5.74) is 5.01. The number of furan rings is 1. The van der Waals surface area contributed by atoms with Crippen molar-refractivity contribution in [2.45, 2.75) is 27.3 Å². The summed E-state index contributed by atoms with van der Waals surface area (Å²) in [6, 6.07) is 14.4. The molecule has 12 heteroatoms. The first kappa shape index (κ1) is 28.3. The lowest BCUT2D eigenvalue weighted by molar-refractivity contribution is -0.136.